The summed E-state index contributed by atoms with van der Waals surface area (Å²) in [5, 5.41) is 3.25. The highest BCUT2D eigenvalue weighted by molar-refractivity contribution is 5.76. The maximum absolute atomic E-state index is 13.1. The van der Waals surface area contributed by atoms with E-state index in [-0.39, 0.29) is 18.0 Å². The van der Waals surface area contributed by atoms with Gasteiger partial charge >= 0.3 is 0 Å². The van der Waals surface area contributed by atoms with Crippen molar-refractivity contribution in [1.29, 1.82) is 0 Å². The molecule has 3 aromatic rings. The van der Waals surface area contributed by atoms with Crippen LogP contribution >= 0.6 is 0 Å². The largest absolute Gasteiger partial charge is 0.339 e. The zero-order valence-electron chi connectivity index (χ0n) is 19.5. The molecule has 1 aliphatic heterocycles. The molecule has 1 amide bonds. The summed E-state index contributed by atoms with van der Waals surface area (Å²) < 4.78 is 1.43. The molecule has 172 valence electrons. The van der Waals surface area contributed by atoms with E-state index >= 15 is 0 Å². The summed E-state index contributed by atoms with van der Waals surface area (Å²) in [7, 11) is 0. The Morgan fingerprint density at radius 2 is 1.61 bits per heavy atom. The number of hydrogen-bond donors (Lipinski definition) is 1. The van der Waals surface area contributed by atoms with E-state index in [9.17, 15) is 9.59 Å². The van der Waals surface area contributed by atoms with Gasteiger partial charge in [0.15, 0.2) is 0 Å². The first-order valence-electron chi connectivity index (χ1n) is 11.4. The van der Waals surface area contributed by atoms with Crippen LogP contribution in [-0.2, 0) is 17.9 Å². The minimum absolute atomic E-state index is 0.0298. The molecule has 1 aliphatic rings. The predicted molar refractivity (Wildman–Crippen MR) is 131 cm³/mol. The number of amides is 1. The number of aromatic nitrogens is 2. The summed E-state index contributed by atoms with van der Waals surface area (Å²) in [5.74, 6) is 0.326. The molecule has 4 rings (SSSR count). The molecule has 2 aromatic carbocycles. The molecule has 1 fully saturated rings. The van der Waals surface area contributed by atoms with E-state index in [2.05, 4.69) is 33.4 Å². The second-order valence-electron chi connectivity index (χ2n) is 8.79. The van der Waals surface area contributed by atoms with Crippen molar-refractivity contribution >= 4 is 17.5 Å². The first-order valence-corrected chi connectivity index (χ1v) is 11.4. The molecule has 33 heavy (non-hydrogen) atoms. The normalized spacial score (nSPS) is 14.3. The van der Waals surface area contributed by atoms with Crippen LogP contribution in [0.2, 0.25) is 0 Å². The van der Waals surface area contributed by atoms with Crippen molar-refractivity contribution in [3.8, 4) is 0 Å². The Labute approximate surface area is 194 Å². The summed E-state index contributed by atoms with van der Waals surface area (Å²) in [6, 6.07) is 17.9. The lowest BCUT2D eigenvalue weighted by molar-refractivity contribution is -0.133. The second kappa shape index (κ2) is 10.0. The molecule has 0 aliphatic carbocycles. The van der Waals surface area contributed by atoms with E-state index in [4.69, 9.17) is 0 Å². The molecule has 0 atom stereocenters. The maximum atomic E-state index is 13.1. The van der Waals surface area contributed by atoms with Gasteiger partial charge in [-0.15, -0.1) is 0 Å². The van der Waals surface area contributed by atoms with Gasteiger partial charge in [-0.1, -0.05) is 36.4 Å². The Kier molecular flexibility index (Phi) is 6.89. The van der Waals surface area contributed by atoms with Gasteiger partial charge in [0, 0.05) is 50.2 Å². The number of nitrogens with zero attached hydrogens (tertiary/aromatic N) is 4. The Balaban J connectivity index is 1.44. The molecule has 1 N–H and O–H groups in total. The Bertz CT molecular complexity index is 1160. The van der Waals surface area contributed by atoms with E-state index in [0.29, 0.717) is 24.7 Å². The van der Waals surface area contributed by atoms with E-state index in [1.807, 2.05) is 49.1 Å². The summed E-state index contributed by atoms with van der Waals surface area (Å²) in [6.45, 7) is 9.62. The lowest BCUT2D eigenvalue weighted by Gasteiger charge is -2.35. The van der Waals surface area contributed by atoms with Crippen LogP contribution < -0.4 is 10.9 Å². The fourth-order valence-electron chi connectivity index (χ4n) is 4.28. The van der Waals surface area contributed by atoms with Crippen LogP contribution in [-0.4, -0.2) is 51.4 Å². The van der Waals surface area contributed by atoms with Crippen molar-refractivity contribution in [3.05, 3.63) is 87.3 Å². The van der Waals surface area contributed by atoms with E-state index in [1.54, 1.807) is 6.92 Å². The first-order chi connectivity index (χ1) is 15.9. The van der Waals surface area contributed by atoms with E-state index in [0.717, 1.165) is 36.4 Å². The SMILES string of the molecule is Cc1cc(C)cc(Nc2nc(C)cc(=O)n2CC(=O)N2CCN(Cc3ccccc3)CC2)c1. The molecule has 2 heterocycles. The number of anilines is 2. The zero-order chi connectivity index (χ0) is 23.4. The Morgan fingerprint density at radius 3 is 2.27 bits per heavy atom. The lowest BCUT2D eigenvalue weighted by atomic mass is 10.1. The smallest absolute Gasteiger partial charge is 0.255 e. The van der Waals surface area contributed by atoms with E-state index < -0.39 is 0 Å². The molecule has 1 aromatic heterocycles. The Hall–Kier alpha value is -3.45. The van der Waals surface area contributed by atoms with Crippen LogP contribution in [0.4, 0.5) is 11.6 Å². The van der Waals surface area contributed by atoms with Gasteiger partial charge in [0.05, 0.1) is 0 Å². The molecule has 0 bridgehead atoms. The van der Waals surface area contributed by atoms with Crippen molar-refractivity contribution in [1.82, 2.24) is 19.4 Å². The van der Waals surface area contributed by atoms with Crippen molar-refractivity contribution < 1.29 is 4.79 Å². The number of nitrogens with one attached hydrogen (secondary N) is 1. The van der Waals surface area contributed by atoms with Crippen LogP contribution in [0.3, 0.4) is 0 Å². The van der Waals surface area contributed by atoms with Crippen LogP contribution in [0.25, 0.3) is 0 Å². The van der Waals surface area contributed by atoms with Gasteiger partial charge in [0.2, 0.25) is 11.9 Å². The highest BCUT2D eigenvalue weighted by atomic mass is 16.2. The number of piperazine rings is 1. The fraction of sp³-hybridized carbons (Fsp3) is 0.346. The quantitative estimate of drug-likeness (QED) is 0.631. The average molecular weight is 446 g/mol. The third kappa shape index (κ3) is 5.87. The number of hydrogen-bond acceptors (Lipinski definition) is 5. The summed E-state index contributed by atoms with van der Waals surface area (Å²) in [6.07, 6.45) is 0. The fourth-order valence-corrected chi connectivity index (χ4v) is 4.28. The number of carbonyl (C=O) groups is 1. The average Bonchev–Trinajstić information content (AvgIpc) is 2.76. The van der Waals surface area contributed by atoms with Gasteiger partial charge < -0.3 is 10.2 Å². The van der Waals surface area contributed by atoms with Gasteiger partial charge in [-0.3, -0.25) is 19.1 Å². The van der Waals surface area contributed by atoms with Crippen LogP contribution in [0.5, 0.6) is 0 Å². The molecule has 1 saturated heterocycles. The minimum Gasteiger partial charge on any atom is -0.339 e. The maximum Gasteiger partial charge on any atom is 0.255 e. The molecule has 7 nitrogen and oxygen atoms in total. The second-order valence-corrected chi connectivity index (χ2v) is 8.79. The summed E-state index contributed by atoms with van der Waals surface area (Å²) >= 11 is 0. The highest BCUT2D eigenvalue weighted by Crippen LogP contribution is 2.18. The monoisotopic (exact) mass is 445 g/mol. The number of carbonyl (C=O) groups excluding carboxylic acids is 1. The van der Waals surface area contributed by atoms with Crippen molar-refractivity contribution in [3.63, 3.8) is 0 Å². The molecule has 0 radical (unpaired) electrons. The first kappa shape index (κ1) is 22.7. The highest BCUT2D eigenvalue weighted by Gasteiger charge is 2.22. The summed E-state index contributed by atoms with van der Waals surface area (Å²) in [4.78, 5) is 34.6. The molecular weight excluding hydrogens is 414 g/mol. The number of rotatable bonds is 6. The standard InChI is InChI=1S/C26H31N5O2/c1-19-13-20(2)15-23(14-19)28-26-27-21(3)16-24(32)31(26)18-25(33)30-11-9-29(10-12-30)17-22-7-5-4-6-8-22/h4-8,13-16H,9-12,17-18H2,1-3H3,(H,27,28). The third-order valence-corrected chi connectivity index (χ3v) is 5.88. The van der Waals surface area contributed by atoms with Crippen LogP contribution in [0, 0.1) is 20.8 Å². The number of benzene rings is 2. The molecular formula is C26H31N5O2. The third-order valence-electron chi connectivity index (χ3n) is 5.88. The van der Waals surface area contributed by atoms with Crippen LogP contribution in [0.15, 0.2) is 59.4 Å². The molecule has 0 spiro atoms. The molecule has 0 unspecified atom stereocenters. The number of aryl methyl sites for hydroxylation is 3. The van der Waals surface area contributed by atoms with Crippen LogP contribution in [0.1, 0.15) is 22.4 Å². The van der Waals surface area contributed by atoms with Gasteiger partial charge in [-0.25, -0.2) is 4.98 Å². The van der Waals surface area contributed by atoms with E-state index in [1.165, 1.54) is 16.2 Å². The van der Waals surface area contributed by atoms with Crippen molar-refractivity contribution in [2.24, 2.45) is 0 Å². The van der Waals surface area contributed by atoms with Gasteiger partial charge in [0.25, 0.3) is 5.56 Å². The van der Waals surface area contributed by atoms with Crippen molar-refractivity contribution in [2.75, 3.05) is 31.5 Å². The van der Waals surface area contributed by atoms with Gasteiger partial charge in [0.1, 0.15) is 6.54 Å². The molecule has 0 saturated carbocycles. The lowest BCUT2D eigenvalue weighted by Crippen LogP contribution is -2.49. The van der Waals surface area contributed by atoms with Gasteiger partial charge in [-0.05, 0) is 49.6 Å². The topological polar surface area (TPSA) is 70.5 Å². The summed E-state index contributed by atoms with van der Waals surface area (Å²) in [5.41, 5.74) is 4.74. The zero-order valence-corrected chi connectivity index (χ0v) is 19.5. The van der Waals surface area contributed by atoms with Gasteiger partial charge in [-0.2, -0.15) is 0 Å². The predicted octanol–water partition coefficient (Wildman–Crippen LogP) is 3.26. The molecule has 7 heteroatoms. The minimum atomic E-state index is -0.231. The van der Waals surface area contributed by atoms with Crippen molar-refractivity contribution in [2.45, 2.75) is 33.9 Å². The Morgan fingerprint density at radius 1 is 0.939 bits per heavy atom.